The quantitative estimate of drug-likeness (QED) is 0.847. The Kier molecular flexibility index (Phi) is 4.72. The van der Waals surface area contributed by atoms with Crippen molar-refractivity contribution in [1.82, 2.24) is 4.31 Å². The number of hydrogen-bond donors (Lipinski definition) is 0. The van der Waals surface area contributed by atoms with Gasteiger partial charge in [-0.2, -0.15) is 4.31 Å². The van der Waals surface area contributed by atoms with Crippen molar-refractivity contribution in [2.75, 3.05) is 20.2 Å². The fourth-order valence-electron chi connectivity index (χ4n) is 2.14. The molecule has 0 spiro atoms. The van der Waals surface area contributed by atoms with E-state index >= 15 is 0 Å². The van der Waals surface area contributed by atoms with Crippen molar-refractivity contribution in [3.63, 3.8) is 0 Å². The van der Waals surface area contributed by atoms with Gasteiger partial charge < -0.3 is 4.74 Å². The summed E-state index contributed by atoms with van der Waals surface area (Å²) in [5.74, 6) is 0.621. The number of thioether (sulfide) groups is 1. The summed E-state index contributed by atoms with van der Waals surface area (Å²) in [5.41, 5.74) is 0. The van der Waals surface area contributed by atoms with E-state index in [0.717, 1.165) is 0 Å². The smallest absolute Gasteiger partial charge is 0.243 e. The molecular formula is C13H17NO4S2. The second-order valence-corrected chi connectivity index (χ2v) is 7.97. The molecular weight excluding hydrogens is 298 g/mol. The van der Waals surface area contributed by atoms with Gasteiger partial charge in [0.25, 0.3) is 0 Å². The Morgan fingerprint density at radius 1 is 1.35 bits per heavy atom. The molecule has 1 saturated heterocycles. The van der Waals surface area contributed by atoms with E-state index in [0.29, 0.717) is 25.3 Å². The molecule has 1 fully saturated rings. The van der Waals surface area contributed by atoms with Crippen molar-refractivity contribution in [3.05, 3.63) is 24.3 Å². The van der Waals surface area contributed by atoms with Gasteiger partial charge in [-0.25, -0.2) is 8.42 Å². The Morgan fingerprint density at radius 2 is 2.00 bits per heavy atom. The minimum Gasteiger partial charge on any atom is -0.497 e. The molecule has 1 heterocycles. The van der Waals surface area contributed by atoms with Crippen LogP contribution in [-0.4, -0.2) is 43.3 Å². The fraction of sp³-hybridized carbons (Fsp3) is 0.462. The van der Waals surface area contributed by atoms with Gasteiger partial charge in [0.1, 0.15) is 5.75 Å². The minimum atomic E-state index is -3.48. The van der Waals surface area contributed by atoms with Crippen molar-refractivity contribution in [2.45, 2.75) is 23.5 Å². The monoisotopic (exact) mass is 315 g/mol. The summed E-state index contributed by atoms with van der Waals surface area (Å²) in [6, 6.07) is 6.34. The lowest BCUT2D eigenvalue weighted by atomic mass is 10.3. The van der Waals surface area contributed by atoms with Crippen LogP contribution in [0.15, 0.2) is 29.2 Å². The molecule has 2 rings (SSSR count). The van der Waals surface area contributed by atoms with E-state index in [9.17, 15) is 13.2 Å². The molecule has 1 aliphatic heterocycles. The summed E-state index contributed by atoms with van der Waals surface area (Å²) in [4.78, 5) is 11.3. The Morgan fingerprint density at radius 3 is 2.55 bits per heavy atom. The Hall–Kier alpha value is -1.05. The number of carbonyl (C=O) groups excluding carboxylic acids is 1. The molecule has 1 unspecified atom stereocenters. The first-order valence-electron chi connectivity index (χ1n) is 6.25. The molecule has 0 bridgehead atoms. The lowest BCUT2D eigenvalue weighted by Crippen LogP contribution is -2.29. The van der Waals surface area contributed by atoms with E-state index in [-0.39, 0.29) is 15.3 Å². The highest BCUT2D eigenvalue weighted by Gasteiger charge is 2.33. The van der Waals surface area contributed by atoms with Crippen LogP contribution >= 0.6 is 11.8 Å². The standard InChI is InChI=1S/C13H17NO4S2/c1-10(15)19-12-7-8-14(9-12)20(16,17)13-5-3-11(18-2)4-6-13/h3-6,12H,7-9H2,1-2H3. The molecule has 0 radical (unpaired) electrons. The third kappa shape index (κ3) is 3.34. The summed E-state index contributed by atoms with van der Waals surface area (Å²) in [5, 5.41) is 0.0826. The lowest BCUT2D eigenvalue weighted by Gasteiger charge is -2.16. The number of methoxy groups -OCH3 is 1. The van der Waals surface area contributed by atoms with E-state index in [2.05, 4.69) is 0 Å². The maximum Gasteiger partial charge on any atom is 0.243 e. The molecule has 1 atom stereocenters. The van der Waals surface area contributed by atoms with Crippen LogP contribution in [0.1, 0.15) is 13.3 Å². The molecule has 5 nitrogen and oxygen atoms in total. The molecule has 0 amide bonds. The third-order valence-electron chi connectivity index (χ3n) is 3.14. The van der Waals surface area contributed by atoms with Gasteiger partial charge in [0.15, 0.2) is 5.12 Å². The Balaban J connectivity index is 2.12. The zero-order chi connectivity index (χ0) is 14.8. The van der Waals surface area contributed by atoms with Crippen molar-refractivity contribution in [1.29, 1.82) is 0 Å². The molecule has 0 saturated carbocycles. The highest BCUT2D eigenvalue weighted by molar-refractivity contribution is 8.14. The van der Waals surface area contributed by atoms with Gasteiger partial charge in [-0.05, 0) is 30.7 Å². The second-order valence-electron chi connectivity index (χ2n) is 4.56. The number of nitrogens with zero attached hydrogens (tertiary/aromatic N) is 1. The van der Waals surface area contributed by atoms with Crippen molar-refractivity contribution in [2.24, 2.45) is 0 Å². The predicted octanol–water partition coefficient (Wildman–Crippen LogP) is 1.74. The molecule has 7 heteroatoms. The topological polar surface area (TPSA) is 63.7 Å². The number of rotatable bonds is 4. The van der Waals surface area contributed by atoms with Crippen molar-refractivity contribution in [3.8, 4) is 5.75 Å². The minimum absolute atomic E-state index is 0.0266. The third-order valence-corrected chi connectivity index (χ3v) is 6.07. The SMILES string of the molecule is COc1ccc(S(=O)(=O)N2CCC(SC(C)=O)C2)cc1. The molecule has 1 aliphatic rings. The molecule has 1 aromatic carbocycles. The number of benzene rings is 1. The van der Waals surface area contributed by atoms with Crippen LogP contribution in [-0.2, 0) is 14.8 Å². The normalized spacial score (nSPS) is 20.0. The van der Waals surface area contributed by atoms with E-state index in [1.54, 1.807) is 24.3 Å². The Labute approximate surface area is 123 Å². The summed E-state index contributed by atoms with van der Waals surface area (Å²) < 4.78 is 31.4. The van der Waals surface area contributed by atoms with Gasteiger partial charge in [-0.15, -0.1) is 0 Å². The first kappa shape index (κ1) is 15.3. The van der Waals surface area contributed by atoms with E-state index < -0.39 is 10.0 Å². The van der Waals surface area contributed by atoms with Gasteiger partial charge in [-0.3, -0.25) is 4.79 Å². The van der Waals surface area contributed by atoms with Gasteiger partial charge in [0.05, 0.1) is 12.0 Å². The zero-order valence-corrected chi connectivity index (χ0v) is 13.0. The molecule has 1 aromatic rings. The number of sulfonamides is 1. The van der Waals surface area contributed by atoms with Crippen LogP contribution in [0.25, 0.3) is 0 Å². The largest absolute Gasteiger partial charge is 0.497 e. The average Bonchev–Trinajstić information content (AvgIpc) is 2.87. The second kappa shape index (κ2) is 6.15. The van der Waals surface area contributed by atoms with E-state index in [4.69, 9.17) is 4.74 Å². The van der Waals surface area contributed by atoms with E-state index in [1.807, 2.05) is 0 Å². The first-order chi connectivity index (χ1) is 9.43. The van der Waals surface area contributed by atoms with Crippen LogP contribution in [0.5, 0.6) is 5.75 Å². The van der Waals surface area contributed by atoms with Crippen LogP contribution in [0, 0.1) is 0 Å². The summed E-state index contributed by atoms with van der Waals surface area (Å²) in [7, 11) is -1.94. The molecule has 0 aromatic heterocycles. The zero-order valence-electron chi connectivity index (χ0n) is 11.4. The number of hydrogen-bond acceptors (Lipinski definition) is 5. The number of ether oxygens (including phenoxy) is 1. The van der Waals surface area contributed by atoms with Gasteiger partial charge in [0, 0.05) is 25.3 Å². The summed E-state index contributed by atoms with van der Waals surface area (Å²) in [6.45, 7) is 2.35. The van der Waals surface area contributed by atoms with Crippen molar-refractivity contribution < 1.29 is 17.9 Å². The highest BCUT2D eigenvalue weighted by atomic mass is 32.2. The highest BCUT2D eigenvalue weighted by Crippen LogP contribution is 2.28. The van der Waals surface area contributed by atoms with Crippen LogP contribution in [0.3, 0.4) is 0 Å². The molecule has 20 heavy (non-hydrogen) atoms. The maximum atomic E-state index is 12.5. The van der Waals surface area contributed by atoms with E-state index in [1.165, 1.54) is 30.1 Å². The first-order valence-corrected chi connectivity index (χ1v) is 8.57. The summed E-state index contributed by atoms with van der Waals surface area (Å²) in [6.07, 6.45) is 0.708. The fourth-order valence-corrected chi connectivity index (χ4v) is 4.69. The molecule has 110 valence electrons. The maximum absolute atomic E-state index is 12.5. The molecule has 0 aliphatic carbocycles. The number of carbonyl (C=O) groups is 1. The van der Waals surface area contributed by atoms with Gasteiger partial charge in [-0.1, -0.05) is 11.8 Å². The van der Waals surface area contributed by atoms with Gasteiger partial charge >= 0.3 is 0 Å². The molecule has 0 N–H and O–H groups in total. The Bertz CT molecular complexity index is 583. The average molecular weight is 315 g/mol. The lowest BCUT2D eigenvalue weighted by molar-refractivity contribution is -0.109. The predicted molar refractivity (Wildman–Crippen MR) is 78.4 cm³/mol. The van der Waals surface area contributed by atoms with Crippen LogP contribution in [0.4, 0.5) is 0 Å². The van der Waals surface area contributed by atoms with Crippen LogP contribution in [0.2, 0.25) is 0 Å². The van der Waals surface area contributed by atoms with Crippen LogP contribution < -0.4 is 4.74 Å². The summed E-state index contributed by atoms with van der Waals surface area (Å²) >= 11 is 1.22. The van der Waals surface area contributed by atoms with Crippen molar-refractivity contribution >= 4 is 26.9 Å². The van der Waals surface area contributed by atoms with Gasteiger partial charge in [0.2, 0.25) is 10.0 Å².